The minimum atomic E-state index is -0.116. The number of aromatic nitrogens is 5. The largest absolute Gasteiger partial charge is 0.376 e. The van der Waals surface area contributed by atoms with Gasteiger partial charge in [-0.1, -0.05) is 5.16 Å². The molecule has 0 saturated heterocycles. The Morgan fingerprint density at radius 2 is 2.22 bits per heavy atom. The third kappa shape index (κ3) is 3.16. The number of carbonyl (C=O) groups is 1. The van der Waals surface area contributed by atoms with Crippen LogP contribution in [0.2, 0.25) is 0 Å². The van der Waals surface area contributed by atoms with E-state index in [-0.39, 0.29) is 5.91 Å². The molecule has 0 bridgehead atoms. The van der Waals surface area contributed by atoms with Gasteiger partial charge >= 0.3 is 0 Å². The summed E-state index contributed by atoms with van der Waals surface area (Å²) in [5.74, 6) is 2.78. The van der Waals surface area contributed by atoms with Gasteiger partial charge in [0.1, 0.15) is 5.76 Å². The highest BCUT2D eigenvalue weighted by Crippen LogP contribution is 2.40. The van der Waals surface area contributed by atoms with E-state index in [9.17, 15) is 4.79 Å². The average molecular weight is 365 g/mol. The molecular weight excluding hydrogens is 346 g/mol. The highest BCUT2D eigenvalue weighted by atomic mass is 16.5. The standard InChI is InChI=1S/C18H19N7O2/c26-18(14-8-15(27-23-14)12-3-4-12)24-6-7-25-16(21-22-17(25)11-24)10-20-13-2-1-5-19-9-13/h1-2,5,8-9,12,20H,3-4,6-7,10-11H2. The highest BCUT2D eigenvalue weighted by molar-refractivity contribution is 5.92. The monoisotopic (exact) mass is 365 g/mol. The lowest BCUT2D eigenvalue weighted by molar-refractivity contribution is 0.0696. The van der Waals surface area contributed by atoms with Crippen LogP contribution in [0, 0.1) is 0 Å². The summed E-state index contributed by atoms with van der Waals surface area (Å²) in [7, 11) is 0. The predicted molar refractivity (Wildman–Crippen MR) is 94.8 cm³/mol. The van der Waals surface area contributed by atoms with E-state index in [4.69, 9.17) is 4.52 Å². The molecule has 0 atom stereocenters. The van der Waals surface area contributed by atoms with Gasteiger partial charge in [0.2, 0.25) is 0 Å². The molecule has 2 aliphatic rings. The van der Waals surface area contributed by atoms with E-state index in [1.807, 2.05) is 12.1 Å². The predicted octanol–water partition coefficient (Wildman–Crippen LogP) is 1.81. The number of fused-ring (bicyclic) bond motifs is 1. The van der Waals surface area contributed by atoms with Crippen molar-refractivity contribution in [2.75, 3.05) is 11.9 Å². The van der Waals surface area contributed by atoms with E-state index in [0.29, 0.717) is 37.8 Å². The van der Waals surface area contributed by atoms with Crippen molar-refractivity contribution in [2.24, 2.45) is 0 Å². The Hall–Kier alpha value is -3.23. The van der Waals surface area contributed by atoms with Crippen molar-refractivity contribution in [1.29, 1.82) is 0 Å². The smallest absolute Gasteiger partial charge is 0.276 e. The second-order valence-electron chi connectivity index (χ2n) is 6.89. The van der Waals surface area contributed by atoms with Gasteiger partial charge in [0, 0.05) is 37.5 Å². The molecule has 1 saturated carbocycles. The van der Waals surface area contributed by atoms with Crippen LogP contribution < -0.4 is 5.32 Å². The molecule has 3 aromatic rings. The molecule has 5 rings (SSSR count). The number of anilines is 1. The maximum atomic E-state index is 12.7. The minimum absolute atomic E-state index is 0.116. The zero-order valence-corrected chi connectivity index (χ0v) is 14.7. The molecule has 27 heavy (non-hydrogen) atoms. The van der Waals surface area contributed by atoms with Crippen molar-refractivity contribution in [1.82, 2.24) is 29.8 Å². The summed E-state index contributed by atoms with van der Waals surface area (Å²) in [6.07, 6.45) is 5.73. The zero-order chi connectivity index (χ0) is 18.2. The number of carbonyl (C=O) groups excluding carboxylic acids is 1. The molecule has 0 unspecified atom stereocenters. The summed E-state index contributed by atoms with van der Waals surface area (Å²) in [6, 6.07) is 5.61. The molecule has 1 amide bonds. The van der Waals surface area contributed by atoms with Crippen LogP contribution in [0.3, 0.4) is 0 Å². The summed E-state index contributed by atoms with van der Waals surface area (Å²) in [5.41, 5.74) is 1.31. The fourth-order valence-electron chi connectivity index (χ4n) is 3.28. The number of hydrogen-bond donors (Lipinski definition) is 1. The van der Waals surface area contributed by atoms with Gasteiger partial charge < -0.3 is 19.3 Å². The molecule has 3 aromatic heterocycles. The lowest BCUT2D eigenvalue weighted by Gasteiger charge is -2.27. The normalized spacial score (nSPS) is 16.2. The molecule has 9 nitrogen and oxygen atoms in total. The molecule has 0 radical (unpaired) electrons. The molecule has 9 heteroatoms. The Balaban J connectivity index is 1.26. The molecule has 0 spiro atoms. The molecule has 1 aliphatic carbocycles. The minimum Gasteiger partial charge on any atom is -0.376 e. The van der Waals surface area contributed by atoms with Crippen LogP contribution in [-0.2, 0) is 19.6 Å². The maximum absolute atomic E-state index is 12.7. The Kier molecular flexibility index (Phi) is 3.84. The number of nitrogens with zero attached hydrogens (tertiary/aromatic N) is 6. The van der Waals surface area contributed by atoms with Crippen molar-refractivity contribution >= 4 is 11.6 Å². The molecule has 4 heterocycles. The third-order valence-electron chi connectivity index (χ3n) is 4.96. The van der Waals surface area contributed by atoms with Crippen LogP contribution in [0.1, 0.15) is 46.7 Å². The van der Waals surface area contributed by atoms with Crippen LogP contribution >= 0.6 is 0 Å². The van der Waals surface area contributed by atoms with Crippen molar-refractivity contribution in [3.8, 4) is 0 Å². The van der Waals surface area contributed by atoms with E-state index >= 15 is 0 Å². The van der Waals surface area contributed by atoms with Gasteiger partial charge in [0.25, 0.3) is 5.91 Å². The summed E-state index contributed by atoms with van der Waals surface area (Å²) < 4.78 is 7.37. The lowest BCUT2D eigenvalue weighted by atomic mass is 10.2. The Morgan fingerprint density at radius 3 is 3.04 bits per heavy atom. The van der Waals surface area contributed by atoms with E-state index in [1.54, 1.807) is 23.4 Å². The fraction of sp³-hybridized carbons (Fsp3) is 0.389. The summed E-state index contributed by atoms with van der Waals surface area (Å²) >= 11 is 0. The van der Waals surface area contributed by atoms with Crippen LogP contribution in [0.15, 0.2) is 35.1 Å². The van der Waals surface area contributed by atoms with Gasteiger partial charge in [-0.2, -0.15) is 0 Å². The third-order valence-corrected chi connectivity index (χ3v) is 4.96. The summed E-state index contributed by atoms with van der Waals surface area (Å²) in [6.45, 7) is 2.23. The van der Waals surface area contributed by atoms with Gasteiger partial charge in [-0.3, -0.25) is 9.78 Å². The second kappa shape index (κ2) is 6.49. The van der Waals surface area contributed by atoms with Crippen molar-refractivity contribution in [2.45, 2.75) is 38.4 Å². The first-order valence-electron chi connectivity index (χ1n) is 9.08. The quantitative estimate of drug-likeness (QED) is 0.735. The molecular formula is C18H19N7O2. The van der Waals surface area contributed by atoms with E-state index < -0.39 is 0 Å². The topological polar surface area (TPSA) is 102 Å². The van der Waals surface area contributed by atoms with Crippen LogP contribution in [0.25, 0.3) is 0 Å². The van der Waals surface area contributed by atoms with Crippen molar-refractivity contribution in [3.05, 3.63) is 53.7 Å². The Morgan fingerprint density at radius 1 is 1.30 bits per heavy atom. The highest BCUT2D eigenvalue weighted by Gasteiger charge is 2.31. The SMILES string of the molecule is O=C(c1cc(C2CC2)on1)N1CCn2c(CNc3cccnc3)nnc2C1. The summed E-state index contributed by atoms with van der Waals surface area (Å²) in [4.78, 5) is 18.5. The first-order chi connectivity index (χ1) is 13.3. The number of rotatable bonds is 5. The van der Waals surface area contributed by atoms with Crippen LogP contribution in [-0.4, -0.2) is 42.3 Å². The summed E-state index contributed by atoms with van der Waals surface area (Å²) in [5, 5.41) is 15.8. The number of hydrogen-bond acceptors (Lipinski definition) is 7. The molecule has 138 valence electrons. The van der Waals surface area contributed by atoms with E-state index in [2.05, 4.69) is 30.2 Å². The lowest BCUT2D eigenvalue weighted by Crippen LogP contribution is -2.39. The second-order valence-corrected chi connectivity index (χ2v) is 6.89. The van der Waals surface area contributed by atoms with Crippen molar-refractivity contribution in [3.63, 3.8) is 0 Å². The van der Waals surface area contributed by atoms with E-state index in [0.717, 1.165) is 35.9 Å². The number of nitrogens with one attached hydrogen (secondary N) is 1. The average Bonchev–Trinajstić information content (AvgIpc) is 3.30. The molecule has 0 aromatic carbocycles. The van der Waals surface area contributed by atoms with Crippen LogP contribution in [0.4, 0.5) is 5.69 Å². The number of amides is 1. The number of pyridine rings is 1. The van der Waals surface area contributed by atoms with Gasteiger partial charge in [-0.05, 0) is 25.0 Å². The first-order valence-corrected chi connectivity index (χ1v) is 9.08. The van der Waals surface area contributed by atoms with Gasteiger partial charge in [-0.15, -0.1) is 10.2 Å². The van der Waals surface area contributed by atoms with Gasteiger partial charge in [0.05, 0.1) is 18.8 Å². The van der Waals surface area contributed by atoms with Crippen LogP contribution in [0.5, 0.6) is 0 Å². The first kappa shape index (κ1) is 16.0. The van der Waals surface area contributed by atoms with E-state index in [1.165, 1.54) is 0 Å². The van der Waals surface area contributed by atoms with Gasteiger partial charge in [0.15, 0.2) is 17.3 Å². The maximum Gasteiger partial charge on any atom is 0.276 e. The molecule has 1 N–H and O–H groups in total. The zero-order valence-electron chi connectivity index (χ0n) is 14.7. The molecule has 1 aliphatic heterocycles. The van der Waals surface area contributed by atoms with Gasteiger partial charge in [-0.25, -0.2) is 0 Å². The molecule has 1 fully saturated rings. The Labute approximate surface area is 155 Å². The van der Waals surface area contributed by atoms with Crippen molar-refractivity contribution < 1.29 is 9.32 Å². The fourth-order valence-corrected chi connectivity index (χ4v) is 3.28. The Bertz CT molecular complexity index is 961.